The summed E-state index contributed by atoms with van der Waals surface area (Å²) in [6.07, 6.45) is 8.14. The van der Waals surface area contributed by atoms with Gasteiger partial charge in [0.15, 0.2) is 5.15 Å². The summed E-state index contributed by atoms with van der Waals surface area (Å²) in [6, 6.07) is 0.166. The van der Waals surface area contributed by atoms with Crippen LogP contribution in [0, 0.1) is 5.92 Å². The molecular formula is C17H21ClN4O2. The molecule has 1 saturated carbocycles. The number of hydrogen-bond acceptors (Lipinski definition) is 4. The molecule has 6 nitrogen and oxygen atoms in total. The van der Waals surface area contributed by atoms with Gasteiger partial charge in [0.25, 0.3) is 0 Å². The summed E-state index contributed by atoms with van der Waals surface area (Å²) in [4.78, 5) is 23.4. The molecule has 0 radical (unpaired) electrons. The third-order valence-corrected chi connectivity index (χ3v) is 5.19. The van der Waals surface area contributed by atoms with Crippen molar-refractivity contribution >= 4 is 23.2 Å². The summed E-state index contributed by atoms with van der Waals surface area (Å²) in [5, 5.41) is 0.420. The van der Waals surface area contributed by atoms with Gasteiger partial charge in [-0.3, -0.25) is 9.30 Å². The number of hydrogen-bond donors (Lipinski definition) is 0. The SMILES string of the molecule is CC(C)(C)OC(=O)N1C2CCC(C2)C1c1ncc2c(Cl)nccn12. The molecule has 2 aliphatic rings. The fourth-order valence-electron chi connectivity index (χ4n) is 4.03. The molecular weight excluding hydrogens is 328 g/mol. The highest BCUT2D eigenvalue weighted by molar-refractivity contribution is 6.32. The minimum Gasteiger partial charge on any atom is -0.444 e. The lowest BCUT2D eigenvalue weighted by atomic mass is 9.98. The number of nitrogens with zero attached hydrogens (tertiary/aromatic N) is 4. The van der Waals surface area contributed by atoms with E-state index in [0.717, 1.165) is 30.6 Å². The fraction of sp³-hybridized carbons (Fsp3) is 0.588. The molecule has 24 heavy (non-hydrogen) atoms. The summed E-state index contributed by atoms with van der Waals surface area (Å²) in [5.41, 5.74) is 0.256. The van der Waals surface area contributed by atoms with E-state index < -0.39 is 5.60 Å². The monoisotopic (exact) mass is 348 g/mol. The Balaban J connectivity index is 1.74. The van der Waals surface area contributed by atoms with Crippen molar-refractivity contribution in [3.8, 4) is 0 Å². The number of likely N-dealkylation sites (tertiary alicyclic amines) is 1. The number of amides is 1. The second-order valence-corrected chi connectivity index (χ2v) is 8.01. The number of carbonyl (C=O) groups excluding carboxylic acids is 1. The lowest BCUT2D eigenvalue weighted by molar-refractivity contribution is 0.00605. The Bertz CT molecular complexity index is 797. The predicted molar refractivity (Wildman–Crippen MR) is 89.9 cm³/mol. The minimum absolute atomic E-state index is 0.0698. The number of imidazole rings is 1. The van der Waals surface area contributed by atoms with Gasteiger partial charge in [0.1, 0.15) is 16.9 Å². The number of rotatable bonds is 1. The van der Waals surface area contributed by atoms with Gasteiger partial charge < -0.3 is 4.74 Å². The van der Waals surface area contributed by atoms with Crippen molar-refractivity contribution in [1.29, 1.82) is 0 Å². The summed E-state index contributed by atoms with van der Waals surface area (Å²) >= 11 is 6.16. The molecule has 1 amide bonds. The van der Waals surface area contributed by atoms with Gasteiger partial charge in [0.05, 0.1) is 12.2 Å². The van der Waals surface area contributed by atoms with Crippen molar-refractivity contribution in [2.45, 2.75) is 57.7 Å². The second kappa shape index (κ2) is 5.34. The normalized spacial score (nSPS) is 26.3. The molecule has 3 unspecified atom stereocenters. The standard InChI is InChI=1S/C17H21ClN4O2/c1-17(2,3)24-16(23)22-11-5-4-10(8-11)13(22)15-20-9-12-14(18)19-6-7-21(12)15/h6-7,9-11,13H,4-5,8H2,1-3H3. The molecule has 2 bridgehead atoms. The van der Waals surface area contributed by atoms with Crippen molar-refractivity contribution in [3.63, 3.8) is 0 Å². The molecule has 0 N–H and O–H groups in total. The van der Waals surface area contributed by atoms with E-state index in [2.05, 4.69) is 9.97 Å². The van der Waals surface area contributed by atoms with Gasteiger partial charge in [0, 0.05) is 18.4 Å². The van der Waals surface area contributed by atoms with Crippen LogP contribution in [-0.2, 0) is 4.74 Å². The predicted octanol–water partition coefficient (Wildman–Crippen LogP) is 3.84. The largest absolute Gasteiger partial charge is 0.444 e. The fourth-order valence-corrected chi connectivity index (χ4v) is 4.23. The van der Waals surface area contributed by atoms with E-state index in [9.17, 15) is 4.79 Å². The summed E-state index contributed by atoms with van der Waals surface area (Å²) in [5.74, 6) is 1.26. The zero-order chi connectivity index (χ0) is 17.1. The Morgan fingerprint density at radius 1 is 1.33 bits per heavy atom. The Morgan fingerprint density at radius 3 is 2.88 bits per heavy atom. The van der Waals surface area contributed by atoms with Gasteiger partial charge in [-0.2, -0.15) is 0 Å². The number of fused-ring (bicyclic) bond motifs is 3. The number of carbonyl (C=O) groups is 1. The molecule has 2 aromatic rings. The Morgan fingerprint density at radius 2 is 2.12 bits per heavy atom. The van der Waals surface area contributed by atoms with Crippen LogP contribution in [0.4, 0.5) is 4.79 Å². The van der Waals surface area contributed by atoms with Crippen molar-refractivity contribution in [2.24, 2.45) is 5.92 Å². The number of aromatic nitrogens is 3. The molecule has 3 heterocycles. The smallest absolute Gasteiger partial charge is 0.411 e. The number of piperidine rings is 1. The number of halogens is 1. The van der Waals surface area contributed by atoms with Crippen LogP contribution >= 0.6 is 11.6 Å². The van der Waals surface area contributed by atoms with Gasteiger partial charge in [-0.05, 0) is 46.0 Å². The third-order valence-electron chi connectivity index (χ3n) is 4.89. The van der Waals surface area contributed by atoms with Crippen LogP contribution in [0.5, 0.6) is 0 Å². The maximum Gasteiger partial charge on any atom is 0.411 e. The molecule has 1 aliphatic heterocycles. The second-order valence-electron chi connectivity index (χ2n) is 7.65. The van der Waals surface area contributed by atoms with Gasteiger partial charge in [0.2, 0.25) is 0 Å². The highest BCUT2D eigenvalue weighted by atomic mass is 35.5. The molecule has 0 aromatic carbocycles. The maximum atomic E-state index is 12.8. The average molecular weight is 349 g/mol. The Hall–Kier alpha value is -1.82. The van der Waals surface area contributed by atoms with E-state index >= 15 is 0 Å². The average Bonchev–Trinajstić information content (AvgIpc) is 3.18. The van der Waals surface area contributed by atoms with Crippen LogP contribution < -0.4 is 0 Å². The van der Waals surface area contributed by atoms with Crippen LogP contribution in [0.25, 0.3) is 5.52 Å². The Labute approximate surface area is 145 Å². The zero-order valence-electron chi connectivity index (χ0n) is 14.1. The van der Waals surface area contributed by atoms with Crippen LogP contribution in [0.3, 0.4) is 0 Å². The topological polar surface area (TPSA) is 59.7 Å². The van der Waals surface area contributed by atoms with Crippen LogP contribution in [0.15, 0.2) is 18.6 Å². The number of ether oxygens (including phenoxy) is 1. The first-order valence-corrected chi connectivity index (χ1v) is 8.72. The van der Waals surface area contributed by atoms with Crippen LogP contribution in [-0.4, -0.2) is 37.0 Å². The minimum atomic E-state index is -0.509. The molecule has 3 atom stereocenters. The molecule has 2 fully saturated rings. The van der Waals surface area contributed by atoms with E-state index in [1.807, 2.05) is 36.3 Å². The first-order chi connectivity index (χ1) is 11.3. The molecule has 2 aromatic heterocycles. The van der Waals surface area contributed by atoms with Crippen LogP contribution in [0.1, 0.15) is 51.9 Å². The highest BCUT2D eigenvalue weighted by Gasteiger charge is 2.51. The maximum absolute atomic E-state index is 12.8. The van der Waals surface area contributed by atoms with Gasteiger partial charge >= 0.3 is 6.09 Å². The zero-order valence-corrected chi connectivity index (χ0v) is 14.8. The van der Waals surface area contributed by atoms with E-state index in [-0.39, 0.29) is 18.2 Å². The first kappa shape index (κ1) is 15.7. The van der Waals surface area contributed by atoms with E-state index in [4.69, 9.17) is 16.3 Å². The summed E-state index contributed by atoms with van der Waals surface area (Å²) in [6.45, 7) is 5.68. The lowest BCUT2D eigenvalue weighted by Crippen LogP contribution is -2.43. The van der Waals surface area contributed by atoms with Crippen molar-refractivity contribution in [1.82, 2.24) is 19.3 Å². The quantitative estimate of drug-likeness (QED) is 0.785. The molecule has 1 saturated heterocycles. The summed E-state index contributed by atoms with van der Waals surface area (Å²) < 4.78 is 7.59. The highest BCUT2D eigenvalue weighted by Crippen LogP contribution is 2.50. The van der Waals surface area contributed by atoms with Gasteiger partial charge in [-0.15, -0.1) is 0 Å². The molecule has 4 rings (SSSR count). The van der Waals surface area contributed by atoms with Crippen molar-refractivity contribution < 1.29 is 9.53 Å². The van der Waals surface area contributed by atoms with E-state index in [0.29, 0.717) is 11.1 Å². The summed E-state index contributed by atoms with van der Waals surface area (Å²) in [7, 11) is 0. The van der Waals surface area contributed by atoms with Crippen molar-refractivity contribution in [2.75, 3.05) is 0 Å². The van der Waals surface area contributed by atoms with E-state index in [1.54, 1.807) is 12.4 Å². The Kier molecular flexibility index (Phi) is 3.49. The molecule has 1 aliphatic carbocycles. The first-order valence-electron chi connectivity index (χ1n) is 8.34. The van der Waals surface area contributed by atoms with E-state index in [1.165, 1.54) is 0 Å². The van der Waals surface area contributed by atoms with Crippen molar-refractivity contribution in [3.05, 3.63) is 29.6 Å². The van der Waals surface area contributed by atoms with Gasteiger partial charge in [-0.25, -0.2) is 14.8 Å². The lowest BCUT2D eigenvalue weighted by Gasteiger charge is -2.35. The third kappa shape index (κ3) is 2.44. The molecule has 128 valence electrons. The molecule has 0 spiro atoms. The van der Waals surface area contributed by atoms with Gasteiger partial charge in [-0.1, -0.05) is 11.6 Å². The van der Waals surface area contributed by atoms with Crippen LogP contribution in [0.2, 0.25) is 5.15 Å². The molecule has 7 heteroatoms.